The van der Waals surface area contributed by atoms with Crippen LogP contribution in [0.15, 0.2) is 29.9 Å². The van der Waals surface area contributed by atoms with Crippen molar-refractivity contribution in [3.05, 3.63) is 29.9 Å². The van der Waals surface area contributed by atoms with Gasteiger partial charge >= 0.3 is 0 Å². The van der Waals surface area contributed by atoms with Crippen LogP contribution in [0.25, 0.3) is 0 Å². The molecule has 2 heteroatoms. The van der Waals surface area contributed by atoms with Gasteiger partial charge in [0.2, 0.25) is 0 Å². The predicted molar refractivity (Wildman–Crippen MR) is 41.7 cm³/mol. The highest BCUT2D eigenvalue weighted by atomic mass is 16.1. The number of allylic oxidation sites excluding steroid dienone is 4. The quantitative estimate of drug-likeness (QED) is 0.436. The summed E-state index contributed by atoms with van der Waals surface area (Å²) in [7, 11) is 0. The smallest absolute Gasteiger partial charge is 0.164 e. The van der Waals surface area contributed by atoms with Crippen LogP contribution in [0.2, 0.25) is 0 Å². The minimum absolute atomic E-state index is 0.0169. The Hall–Kier alpha value is -1.40. The van der Waals surface area contributed by atoms with Gasteiger partial charge in [0.05, 0.1) is 0 Å². The molecule has 0 aromatic carbocycles. The summed E-state index contributed by atoms with van der Waals surface area (Å²) in [6, 6.07) is 0. The van der Waals surface area contributed by atoms with E-state index >= 15 is 0 Å². The van der Waals surface area contributed by atoms with Crippen molar-refractivity contribution < 1.29 is 9.59 Å². The molecule has 0 unspecified atom stereocenters. The molecule has 56 valence electrons. The van der Waals surface area contributed by atoms with Crippen molar-refractivity contribution in [2.45, 2.75) is 12.8 Å². The molecule has 2 nitrogen and oxygen atoms in total. The van der Waals surface area contributed by atoms with E-state index in [-0.39, 0.29) is 12.2 Å². The molecule has 1 aliphatic carbocycles. The first-order chi connectivity index (χ1) is 5.27. The minimum Gasteiger partial charge on any atom is -0.294 e. The summed E-state index contributed by atoms with van der Waals surface area (Å²) in [6.45, 7) is 3.51. The maximum Gasteiger partial charge on any atom is 0.164 e. The van der Waals surface area contributed by atoms with Gasteiger partial charge in [-0.1, -0.05) is 6.08 Å². The van der Waals surface area contributed by atoms with E-state index in [2.05, 4.69) is 6.58 Å². The zero-order valence-electron chi connectivity index (χ0n) is 6.09. The van der Waals surface area contributed by atoms with E-state index < -0.39 is 0 Å². The lowest BCUT2D eigenvalue weighted by Crippen LogP contribution is -1.93. The molecule has 0 aromatic heterocycles. The number of hydrogen-bond donors (Lipinski definition) is 0. The monoisotopic (exact) mass is 148 g/mol. The Labute approximate surface area is 64.9 Å². The average Bonchev–Trinajstić information content (AvgIpc) is 2.33. The van der Waals surface area contributed by atoms with E-state index in [9.17, 15) is 9.59 Å². The van der Waals surface area contributed by atoms with Gasteiger partial charge in [-0.2, -0.15) is 0 Å². The van der Waals surface area contributed by atoms with E-state index in [1.54, 1.807) is 18.1 Å². The zero-order valence-corrected chi connectivity index (χ0v) is 6.09. The van der Waals surface area contributed by atoms with Crippen molar-refractivity contribution in [1.82, 2.24) is 0 Å². The summed E-state index contributed by atoms with van der Waals surface area (Å²) < 4.78 is 0. The lowest BCUT2D eigenvalue weighted by atomic mass is 10.1. The second kappa shape index (κ2) is 3.13. The highest BCUT2D eigenvalue weighted by Crippen LogP contribution is 2.20. The molecule has 11 heavy (non-hydrogen) atoms. The van der Waals surface area contributed by atoms with Gasteiger partial charge in [-0.3, -0.25) is 4.79 Å². The maximum atomic E-state index is 11.0. The van der Waals surface area contributed by atoms with Crippen LogP contribution in [0.1, 0.15) is 12.8 Å². The number of Topliss-reactive ketones (excluding diaryl/α,β-unsaturated/α-hetero) is 1. The molecule has 0 bridgehead atoms. The fourth-order valence-corrected chi connectivity index (χ4v) is 1.02. The van der Waals surface area contributed by atoms with Crippen molar-refractivity contribution in [1.29, 1.82) is 0 Å². The van der Waals surface area contributed by atoms with E-state index in [1.807, 2.05) is 0 Å². The fraction of sp³-hybridized carbons (Fsp3) is 0.222. The zero-order chi connectivity index (χ0) is 8.27. The summed E-state index contributed by atoms with van der Waals surface area (Å²) >= 11 is 0. The molecule has 0 spiro atoms. The summed E-state index contributed by atoms with van der Waals surface area (Å²) in [5.74, 6) is 1.73. The lowest BCUT2D eigenvalue weighted by molar-refractivity contribution is -0.114. The first-order valence-electron chi connectivity index (χ1n) is 3.36. The van der Waals surface area contributed by atoms with E-state index in [4.69, 9.17) is 0 Å². The molecule has 0 fully saturated rings. The third-order valence-corrected chi connectivity index (χ3v) is 1.55. The van der Waals surface area contributed by atoms with Crippen LogP contribution in [-0.4, -0.2) is 11.7 Å². The summed E-state index contributed by atoms with van der Waals surface area (Å²) in [5, 5.41) is 0. The molecule has 1 aliphatic rings. The van der Waals surface area contributed by atoms with Gasteiger partial charge in [-0.05, 0) is 12.5 Å². The second-order valence-electron chi connectivity index (χ2n) is 2.39. The number of carbonyl (C=O) groups excluding carboxylic acids is 2. The van der Waals surface area contributed by atoms with Crippen LogP contribution in [0.3, 0.4) is 0 Å². The standard InChI is InChI=1S/C9H8O2/c1-2-3-8-4-7(6-10)5-9(8)11/h2,4H,1,3,5H2. The van der Waals surface area contributed by atoms with Gasteiger partial charge < -0.3 is 0 Å². The van der Waals surface area contributed by atoms with Crippen LogP contribution in [-0.2, 0) is 9.59 Å². The number of carbonyl (C=O) groups is 1. The fourth-order valence-electron chi connectivity index (χ4n) is 1.02. The maximum absolute atomic E-state index is 11.0. The Morgan fingerprint density at radius 3 is 2.91 bits per heavy atom. The molecular weight excluding hydrogens is 140 g/mol. The van der Waals surface area contributed by atoms with Crippen molar-refractivity contribution >= 4 is 11.7 Å². The lowest BCUT2D eigenvalue weighted by Gasteiger charge is -1.89. The first kappa shape index (κ1) is 7.70. The van der Waals surface area contributed by atoms with Gasteiger partial charge in [0.15, 0.2) is 5.78 Å². The van der Waals surface area contributed by atoms with Crippen LogP contribution in [0, 0.1) is 0 Å². The van der Waals surface area contributed by atoms with Gasteiger partial charge in [0.25, 0.3) is 0 Å². The molecule has 0 aliphatic heterocycles. The third kappa shape index (κ3) is 1.54. The molecule has 0 saturated carbocycles. The van der Waals surface area contributed by atoms with E-state index in [0.717, 1.165) is 0 Å². The Bertz CT molecular complexity index is 278. The largest absolute Gasteiger partial charge is 0.294 e. The van der Waals surface area contributed by atoms with Crippen molar-refractivity contribution in [2.75, 3.05) is 0 Å². The molecule has 0 heterocycles. The van der Waals surface area contributed by atoms with E-state index in [1.165, 1.54) is 0 Å². The van der Waals surface area contributed by atoms with Crippen molar-refractivity contribution in [2.24, 2.45) is 0 Å². The number of ketones is 1. The summed E-state index contributed by atoms with van der Waals surface area (Å²) in [4.78, 5) is 21.1. The SMILES string of the molecule is C=CCC1=CC(=C=O)CC1=O. The van der Waals surface area contributed by atoms with Crippen molar-refractivity contribution in [3.63, 3.8) is 0 Å². The Balaban J connectivity index is 2.87. The van der Waals surface area contributed by atoms with E-state index in [0.29, 0.717) is 17.6 Å². The molecule has 0 amide bonds. The highest BCUT2D eigenvalue weighted by Gasteiger charge is 2.17. The summed E-state index contributed by atoms with van der Waals surface area (Å²) in [6.07, 6.45) is 4.01. The predicted octanol–water partition coefficient (Wildman–Crippen LogP) is 1.22. The number of hydrogen-bond acceptors (Lipinski definition) is 2. The minimum atomic E-state index is 0.0169. The van der Waals surface area contributed by atoms with Gasteiger partial charge in [0, 0.05) is 17.6 Å². The molecule has 0 saturated heterocycles. The average molecular weight is 148 g/mol. The first-order valence-corrected chi connectivity index (χ1v) is 3.36. The van der Waals surface area contributed by atoms with Crippen molar-refractivity contribution in [3.8, 4) is 0 Å². The van der Waals surface area contributed by atoms with Gasteiger partial charge in [0.1, 0.15) is 5.94 Å². The number of rotatable bonds is 2. The Morgan fingerprint density at radius 2 is 2.45 bits per heavy atom. The second-order valence-corrected chi connectivity index (χ2v) is 2.39. The third-order valence-electron chi connectivity index (χ3n) is 1.55. The molecule has 0 N–H and O–H groups in total. The highest BCUT2D eigenvalue weighted by molar-refractivity contribution is 6.03. The van der Waals surface area contributed by atoms with Crippen LogP contribution in [0.4, 0.5) is 0 Å². The molecule has 0 atom stereocenters. The molecular formula is C9H8O2. The van der Waals surface area contributed by atoms with Gasteiger partial charge in [-0.25, -0.2) is 4.79 Å². The summed E-state index contributed by atoms with van der Waals surface area (Å²) in [5.41, 5.74) is 1.12. The molecule has 0 radical (unpaired) electrons. The molecule has 1 rings (SSSR count). The van der Waals surface area contributed by atoms with Crippen LogP contribution >= 0.6 is 0 Å². The molecule has 0 aromatic rings. The Kier molecular flexibility index (Phi) is 2.19. The van der Waals surface area contributed by atoms with Gasteiger partial charge in [-0.15, -0.1) is 6.58 Å². The Morgan fingerprint density at radius 1 is 1.73 bits per heavy atom. The topological polar surface area (TPSA) is 34.1 Å². The normalized spacial score (nSPS) is 16.2. The van der Waals surface area contributed by atoms with Crippen LogP contribution < -0.4 is 0 Å². The van der Waals surface area contributed by atoms with Crippen LogP contribution in [0.5, 0.6) is 0 Å².